The maximum atomic E-state index is 9.60. The Hall–Kier alpha value is -1.79. The first-order chi connectivity index (χ1) is 14.0. The number of hydrogen-bond acceptors (Lipinski definition) is 5. The molecule has 0 aromatic heterocycles. The molecule has 0 amide bonds. The number of nitrogens with zero attached hydrogens (tertiary/aromatic N) is 2. The van der Waals surface area contributed by atoms with E-state index in [1.54, 1.807) is 14.2 Å². The van der Waals surface area contributed by atoms with Crippen LogP contribution in [0.3, 0.4) is 0 Å². The Morgan fingerprint density at radius 2 is 1.90 bits per heavy atom. The number of hydrogen-bond donors (Lipinski definition) is 1. The molecule has 5 nitrogen and oxygen atoms in total. The summed E-state index contributed by atoms with van der Waals surface area (Å²) in [5.41, 5.74) is 3.77. The molecule has 0 bridgehead atoms. The van der Waals surface area contributed by atoms with E-state index in [0.29, 0.717) is 22.6 Å². The smallest absolute Gasteiger partial charge is 0.179 e. The molecule has 0 radical (unpaired) electrons. The first-order valence-electron chi connectivity index (χ1n) is 10.1. The van der Waals surface area contributed by atoms with E-state index in [1.807, 2.05) is 12.1 Å². The number of rotatable bonds is 8. The summed E-state index contributed by atoms with van der Waals surface area (Å²) in [5, 5.41) is 10.2. The number of aliphatic hydroxyl groups excluding tert-OH is 1. The number of benzene rings is 2. The third-order valence-electron chi connectivity index (χ3n) is 5.69. The van der Waals surface area contributed by atoms with Gasteiger partial charge in [0.25, 0.3) is 0 Å². The number of aryl methyl sites for hydroxylation is 1. The molecule has 0 aliphatic carbocycles. The normalized spacial score (nSPS) is 18.0. The van der Waals surface area contributed by atoms with Crippen molar-refractivity contribution in [1.82, 2.24) is 9.80 Å². The molecule has 1 saturated heterocycles. The molecule has 29 heavy (non-hydrogen) atoms. The minimum absolute atomic E-state index is 0.199. The van der Waals surface area contributed by atoms with Crippen molar-refractivity contribution in [3.8, 4) is 11.5 Å². The van der Waals surface area contributed by atoms with Gasteiger partial charge < -0.3 is 14.6 Å². The summed E-state index contributed by atoms with van der Waals surface area (Å²) in [4.78, 5) is 4.92. The van der Waals surface area contributed by atoms with Crippen LogP contribution in [0.4, 0.5) is 0 Å². The van der Waals surface area contributed by atoms with E-state index in [1.165, 1.54) is 11.1 Å². The van der Waals surface area contributed by atoms with E-state index >= 15 is 0 Å². The van der Waals surface area contributed by atoms with Gasteiger partial charge >= 0.3 is 0 Å². The van der Waals surface area contributed by atoms with Gasteiger partial charge in [-0.1, -0.05) is 35.9 Å². The summed E-state index contributed by atoms with van der Waals surface area (Å²) in [6.07, 6.45) is 0.773. The molecule has 1 fully saturated rings. The van der Waals surface area contributed by atoms with E-state index in [0.717, 1.165) is 44.7 Å². The second-order valence-electron chi connectivity index (χ2n) is 7.61. The van der Waals surface area contributed by atoms with Gasteiger partial charge in [0.1, 0.15) is 0 Å². The summed E-state index contributed by atoms with van der Waals surface area (Å²) in [7, 11) is 3.22. The molecule has 0 unspecified atom stereocenters. The maximum Gasteiger partial charge on any atom is 0.179 e. The molecule has 6 heteroatoms. The average Bonchev–Trinajstić information content (AvgIpc) is 2.71. The monoisotopic (exact) mass is 418 g/mol. The molecule has 1 atom stereocenters. The number of halogens is 1. The minimum atomic E-state index is 0.199. The SMILES string of the molecule is COc1cc(CN2CCN(Cc3ccccc3C)[C@H](CCO)C2)cc(Cl)c1OC. The molecule has 1 N–H and O–H groups in total. The zero-order valence-corrected chi connectivity index (χ0v) is 18.3. The highest BCUT2D eigenvalue weighted by molar-refractivity contribution is 6.32. The van der Waals surface area contributed by atoms with Crippen molar-refractivity contribution in [2.75, 3.05) is 40.5 Å². The predicted molar refractivity (Wildman–Crippen MR) is 117 cm³/mol. The van der Waals surface area contributed by atoms with Gasteiger partial charge in [-0.2, -0.15) is 0 Å². The number of piperazine rings is 1. The van der Waals surface area contributed by atoms with Crippen molar-refractivity contribution < 1.29 is 14.6 Å². The van der Waals surface area contributed by atoms with Crippen LogP contribution in [0.2, 0.25) is 5.02 Å². The molecule has 0 spiro atoms. The Balaban J connectivity index is 1.69. The zero-order chi connectivity index (χ0) is 20.8. The first kappa shape index (κ1) is 21.9. The molecule has 0 saturated carbocycles. The van der Waals surface area contributed by atoms with Crippen LogP contribution in [-0.2, 0) is 13.1 Å². The topological polar surface area (TPSA) is 45.2 Å². The highest BCUT2D eigenvalue weighted by Crippen LogP contribution is 2.36. The lowest BCUT2D eigenvalue weighted by atomic mass is 10.0. The lowest BCUT2D eigenvalue weighted by Crippen LogP contribution is -2.52. The molecule has 1 heterocycles. The van der Waals surface area contributed by atoms with E-state index in [4.69, 9.17) is 21.1 Å². The van der Waals surface area contributed by atoms with Gasteiger partial charge in [-0.25, -0.2) is 0 Å². The van der Waals surface area contributed by atoms with Gasteiger partial charge in [0, 0.05) is 45.4 Å². The van der Waals surface area contributed by atoms with Crippen LogP contribution in [0.5, 0.6) is 11.5 Å². The second-order valence-corrected chi connectivity index (χ2v) is 8.02. The van der Waals surface area contributed by atoms with Crippen LogP contribution in [0.1, 0.15) is 23.1 Å². The average molecular weight is 419 g/mol. The molecular formula is C23H31ClN2O3. The van der Waals surface area contributed by atoms with Crippen molar-refractivity contribution in [2.45, 2.75) is 32.5 Å². The van der Waals surface area contributed by atoms with Gasteiger partial charge in [-0.15, -0.1) is 0 Å². The molecule has 2 aromatic carbocycles. The standard InChI is InChI=1S/C23H31ClN2O3/c1-17-6-4-5-7-19(17)15-26-10-9-25(16-20(26)8-11-27)14-18-12-21(24)23(29-3)22(13-18)28-2/h4-7,12-13,20,27H,8-11,14-16H2,1-3H3/t20-/m1/s1. The number of aliphatic hydroxyl groups is 1. The van der Waals surface area contributed by atoms with E-state index in [-0.39, 0.29) is 6.61 Å². The Kier molecular flexibility index (Phi) is 7.78. The number of methoxy groups -OCH3 is 2. The molecule has 1 aliphatic rings. The predicted octanol–water partition coefficient (Wildman–Crippen LogP) is 3.73. The zero-order valence-electron chi connectivity index (χ0n) is 17.5. The molecule has 3 rings (SSSR count). The fourth-order valence-electron chi connectivity index (χ4n) is 4.06. The summed E-state index contributed by atoms with van der Waals surface area (Å²) in [5.74, 6) is 1.22. The Morgan fingerprint density at radius 1 is 1.10 bits per heavy atom. The summed E-state index contributed by atoms with van der Waals surface area (Å²) < 4.78 is 10.8. The Labute approximate surface area is 178 Å². The van der Waals surface area contributed by atoms with E-state index in [2.05, 4.69) is 41.0 Å². The Morgan fingerprint density at radius 3 is 2.59 bits per heavy atom. The van der Waals surface area contributed by atoms with Crippen molar-refractivity contribution >= 4 is 11.6 Å². The lowest BCUT2D eigenvalue weighted by molar-refractivity contribution is 0.0498. The molecule has 2 aromatic rings. The fraction of sp³-hybridized carbons (Fsp3) is 0.478. The van der Waals surface area contributed by atoms with Gasteiger partial charge in [-0.05, 0) is 42.2 Å². The van der Waals surface area contributed by atoms with Crippen molar-refractivity contribution in [3.05, 3.63) is 58.1 Å². The van der Waals surface area contributed by atoms with Crippen LogP contribution < -0.4 is 9.47 Å². The van der Waals surface area contributed by atoms with E-state index in [9.17, 15) is 5.11 Å². The van der Waals surface area contributed by atoms with E-state index < -0.39 is 0 Å². The van der Waals surface area contributed by atoms with Crippen LogP contribution in [0.25, 0.3) is 0 Å². The fourth-order valence-corrected chi connectivity index (χ4v) is 4.37. The van der Waals surface area contributed by atoms with Crippen LogP contribution in [0.15, 0.2) is 36.4 Å². The highest BCUT2D eigenvalue weighted by atomic mass is 35.5. The van der Waals surface area contributed by atoms with Crippen LogP contribution in [0, 0.1) is 6.92 Å². The summed E-state index contributed by atoms with van der Waals surface area (Å²) in [6.45, 7) is 6.93. The molecular weight excluding hydrogens is 388 g/mol. The maximum absolute atomic E-state index is 9.60. The largest absolute Gasteiger partial charge is 0.493 e. The van der Waals surface area contributed by atoms with Gasteiger partial charge in [0.15, 0.2) is 11.5 Å². The molecule has 1 aliphatic heterocycles. The minimum Gasteiger partial charge on any atom is -0.493 e. The Bertz CT molecular complexity index is 815. The number of ether oxygens (including phenoxy) is 2. The third kappa shape index (κ3) is 5.43. The molecule has 158 valence electrons. The quantitative estimate of drug-likeness (QED) is 0.707. The van der Waals surface area contributed by atoms with Gasteiger partial charge in [0.05, 0.1) is 19.2 Å². The van der Waals surface area contributed by atoms with Crippen LogP contribution in [-0.4, -0.2) is 61.4 Å². The third-order valence-corrected chi connectivity index (χ3v) is 5.97. The lowest BCUT2D eigenvalue weighted by Gasteiger charge is -2.41. The van der Waals surface area contributed by atoms with Gasteiger partial charge in [-0.3, -0.25) is 9.80 Å². The van der Waals surface area contributed by atoms with Crippen molar-refractivity contribution in [3.63, 3.8) is 0 Å². The van der Waals surface area contributed by atoms with Crippen molar-refractivity contribution in [1.29, 1.82) is 0 Å². The summed E-state index contributed by atoms with van der Waals surface area (Å²) >= 11 is 6.37. The second kappa shape index (κ2) is 10.3. The first-order valence-corrected chi connectivity index (χ1v) is 10.5. The van der Waals surface area contributed by atoms with Crippen molar-refractivity contribution in [2.24, 2.45) is 0 Å². The summed E-state index contributed by atoms with van der Waals surface area (Å²) in [6, 6.07) is 12.8. The van der Waals surface area contributed by atoms with Gasteiger partial charge in [0.2, 0.25) is 0 Å². The van der Waals surface area contributed by atoms with Crippen LogP contribution >= 0.6 is 11.6 Å². The highest BCUT2D eigenvalue weighted by Gasteiger charge is 2.27.